The van der Waals surface area contributed by atoms with Crippen molar-refractivity contribution in [1.29, 1.82) is 0 Å². The molecular weight excluding hydrogens is 172 g/mol. The van der Waals surface area contributed by atoms with Gasteiger partial charge in [-0.05, 0) is 55.9 Å². The van der Waals surface area contributed by atoms with Gasteiger partial charge in [0.25, 0.3) is 0 Å². The van der Waals surface area contributed by atoms with E-state index in [4.69, 9.17) is 0 Å². The van der Waals surface area contributed by atoms with Gasteiger partial charge < -0.3 is 5.11 Å². The third-order valence-corrected chi connectivity index (χ3v) is 4.58. The van der Waals surface area contributed by atoms with Crippen LogP contribution in [0.3, 0.4) is 0 Å². The summed E-state index contributed by atoms with van der Waals surface area (Å²) in [5, 5.41) is 10.3. The van der Waals surface area contributed by atoms with E-state index in [1.54, 1.807) is 5.57 Å². The Kier molecular flexibility index (Phi) is 2.16. The van der Waals surface area contributed by atoms with Gasteiger partial charge >= 0.3 is 0 Å². The summed E-state index contributed by atoms with van der Waals surface area (Å²) in [6.45, 7) is 0. The van der Waals surface area contributed by atoms with E-state index >= 15 is 0 Å². The van der Waals surface area contributed by atoms with E-state index in [1.807, 2.05) is 0 Å². The highest BCUT2D eigenvalue weighted by molar-refractivity contribution is 5.31. The fraction of sp³-hybridized carbons (Fsp3) is 0.846. The standard InChI is InChI=1S/C13H20O/c14-13-11-7-3-1-5-9(11)10-6-2-4-8-12(10)13/h9,11,13-14H,1-8H2/t9-,11-,13+/m1/s1. The quantitative estimate of drug-likeness (QED) is 0.585. The van der Waals surface area contributed by atoms with Crippen molar-refractivity contribution in [2.24, 2.45) is 11.8 Å². The maximum Gasteiger partial charge on any atom is 0.0786 e. The Morgan fingerprint density at radius 3 is 2.43 bits per heavy atom. The molecule has 0 aromatic heterocycles. The van der Waals surface area contributed by atoms with Crippen LogP contribution >= 0.6 is 0 Å². The Morgan fingerprint density at radius 1 is 0.857 bits per heavy atom. The van der Waals surface area contributed by atoms with Gasteiger partial charge in [-0.3, -0.25) is 0 Å². The SMILES string of the molecule is O[C@@H]1C2=C(CCCC2)[C@H]2CCCC[C@@H]12. The Hall–Kier alpha value is -0.300. The molecule has 0 radical (unpaired) electrons. The molecule has 3 atom stereocenters. The second-order valence-corrected chi connectivity index (χ2v) is 5.26. The van der Waals surface area contributed by atoms with Crippen molar-refractivity contribution in [1.82, 2.24) is 0 Å². The van der Waals surface area contributed by atoms with Crippen LogP contribution in [0.5, 0.6) is 0 Å². The number of fused-ring (bicyclic) bond motifs is 2. The summed E-state index contributed by atoms with van der Waals surface area (Å²) < 4.78 is 0. The number of allylic oxidation sites excluding steroid dienone is 1. The Morgan fingerprint density at radius 2 is 1.57 bits per heavy atom. The van der Waals surface area contributed by atoms with Gasteiger partial charge in [-0.2, -0.15) is 0 Å². The molecule has 0 aliphatic heterocycles. The molecule has 0 saturated heterocycles. The average molecular weight is 192 g/mol. The molecule has 1 N–H and O–H groups in total. The lowest BCUT2D eigenvalue weighted by molar-refractivity contribution is 0.106. The van der Waals surface area contributed by atoms with Crippen molar-refractivity contribution in [2.45, 2.75) is 57.5 Å². The highest BCUT2D eigenvalue weighted by Crippen LogP contribution is 2.50. The molecule has 1 fully saturated rings. The molecule has 3 rings (SSSR count). The molecule has 0 aromatic carbocycles. The zero-order chi connectivity index (χ0) is 9.54. The predicted octanol–water partition coefficient (Wildman–Crippen LogP) is 3.04. The van der Waals surface area contributed by atoms with E-state index < -0.39 is 0 Å². The van der Waals surface area contributed by atoms with Crippen LogP contribution in [0.25, 0.3) is 0 Å². The molecule has 0 spiro atoms. The first-order valence-electron chi connectivity index (χ1n) is 6.28. The molecular formula is C13H20O. The van der Waals surface area contributed by atoms with E-state index in [9.17, 15) is 5.11 Å². The Balaban J connectivity index is 1.92. The molecule has 0 unspecified atom stereocenters. The number of aliphatic hydroxyl groups excluding tert-OH is 1. The van der Waals surface area contributed by atoms with Crippen molar-refractivity contribution >= 4 is 0 Å². The zero-order valence-corrected chi connectivity index (χ0v) is 8.84. The highest BCUT2D eigenvalue weighted by atomic mass is 16.3. The minimum Gasteiger partial charge on any atom is -0.388 e. The monoisotopic (exact) mass is 192 g/mol. The minimum atomic E-state index is -0.0457. The highest BCUT2D eigenvalue weighted by Gasteiger charge is 2.42. The molecule has 1 saturated carbocycles. The van der Waals surface area contributed by atoms with Gasteiger partial charge in [-0.25, -0.2) is 0 Å². The second-order valence-electron chi connectivity index (χ2n) is 5.26. The Labute approximate surface area is 86.2 Å². The lowest BCUT2D eigenvalue weighted by atomic mass is 9.77. The van der Waals surface area contributed by atoms with Crippen LogP contribution in [0, 0.1) is 11.8 Å². The first-order chi connectivity index (χ1) is 6.88. The smallest absolute Gasteiger partial charge is 0.0786 e. The van der Waals surface area contributed by atoms with E-state index in [0.717, 1.165) is 5.92 Å². The first-order valence-corrected chi connectivity index (χ1v) is 6.28. The lowest BCUT2D eigenvalue weighted by Gasteiger charge is -2.29. The van der Waals surface area contributed by atoms with Gasteiger partial charge in [0.15, 0.2) is 0 Å². The summed E-state index contributed by atoms with van der Waals surface area (Å²) in [5.41, 5.74) is 3.15. The summed E-state index contributed by atoms with van der Waals surface area (Å²) in [6.07, 6.45) is 10.5. The van der Waals surface area contributed by atoms with Crippen LogP contribution in [-0.2, 0) is 0 Å². The molecule has 0 bridgehead atoms. The molecule has 0 aromatic rings. The fourth-order valence-corrected chi connectivity index (χ4v) is 3.94. The van der Waals surface area contributed by atoms with E-state index in [1.165, 1.54) is 56.9 Å². The summed E-state index contributed by atoms with van der Waals surface area (Å²) in [4.78, 5) is 0. The average Bonchev–Trinajstić information content (AvgIpc) is 2.55. The number of hydrogen-bond donors (Lipinski definition) is 1. The van der Waals surface area contributed by atoms with Crippen molar-refractivity contribution in [3.8, 4) is 0 Å². The van der Waals surface area contributed by atoms with Gasteiger partial charge in [-0.15, -0.1) is 0 Å². The third kappa shape index (κ3) is 1.18. The van der Waals surface area contributed by atoms with Crippen LogP contribution < -0.4 is 0 Å². The largest absolute Gasteiger partial charge is 0.388 e. The van der Waals surface area contributed by atoms with E-state index in [2.05, 4.69) is 0 Å². The molecule has 0 heterocycles. The van der Waals surface area contributed by atoms with E-state index in [-0.39, 0.29) is 6.10 Å². The maximum atomic E-state index is 10.3. The first kappa shape index (κ1) is 8.96. The topological polar surface area (TPSA) is 20.2 Å². The second kappa shape index (κ2) is 3.37. The molecule has 3 aliphatic rings. The van der Waals surface area contributed by atoms with Crippen molar-refractivity contribution < 1.29 is 5.11 Å². The van der Waals surface area contributed by atoms with Crippen LogP contribution in [0.4, 0.5) is 0 Å². The van der Waals surface area contributed by atoms with Crippen LogP contribution in [0.1, 0.15) is 51.4 Å². The Bertz CT molecular complexity index is 266. The summed E-state index contributed by atoms with van der Waals surface area (Å²) in [5.74, 6) is 1.40. The number of aliphatic hydroxyl groups is 1. The molecule has 1 heteroatoms. The molecule has 3 aliphatic carbocycles. The zero-order valence-electron chi connectivity index (χ0n) is 8.84. The molecule has 78 valence electrons. The fourth-order valence-electron chi connectivity index (χ4n) is 3.94. The van der Waals surface area contributed by atoms with Gasteiger partial charge in [0.2, 0.25) is 0 Å². The number of hydrogen-bond acceptors (Lipinski definition) is 1. The van der Waals surface area contributed by atoms with Gasteiger partial charge in [0, 0.05) is 0 Å². The lowest BCUT2D eigenvalue weighted by Crippen LogP contribution is -2.25. The normalized spacial score (nSPS) is 42.2. The van der Waals surface area contributed by atoms with Crippen LogP contribution in [0.2, 0.25) is 0 Å². The summed E-state index contributed by atoms with van der Waals surface area (Å²) in [7, 11) is 0. The van der Waals surface area contributed by atoms with Crippen LogP contribution in [0.15, 0.2) is 11.1 Å². The van der Waals surface area contributed by atoms with Crippen molar-refractivity contribution in [2.75, 3.05) is 0 Å². The maximum absolute atomic E-state index is 10.3. The van der Waals surface area contributed by atoms with E-state index in [0.29, 0.717) is 5.92 Å². The van der Waals surface area contributed by atoms with Gasteiger partial charge in [-0.1, -0.05) is 18.4 Å². The summed E-state index contributed by atoms with van der Waals surface area (Å²) >= 11 is 0. The summed E-state index contributed by atoms with van der Waals surface area (Å²) in [6, 6.07) is 0. The molecule has 14 heavy (non-hydrogen) atoms. The van der Waals surface area contributed by atoms with Crippen molar-refractivity contribution in [3.05, 3.63) is 11.1 Å². The molecule has 0 amide bonds. The number of rotatable bonds is 0. The van der Waals surface area contributed by atoms with Crippen LogP contribution in [-0.4, -0.2) is 11.2 Å². The van der Waals surface area contributed by atoms with Gasteiger partial charge in [0.1, 0.15) is 0 Å². The minimum absolute atomic E-state index is 0.0457. The van der Waals surface area contributed by atoms with Crippen molar-refractivity contribution in [3.63, 3.8) is 0 Å². The predicted molar refractivity (Wildman–Crippen MR) is 56.9 cm³/mol. The molecule has 1 nitrogen and oxygen atoms in total. The van der Waals surface area contributed by atoms with Gasteiger partial charge in [0.05, 0.1) is 6.10 Å². The third-order valence-electron chi connectivity index (χ3n) is 4.58.